The van der Waals surface area contributed by atoms with E-state index in [0.717, 1.165) is 0 Å². The highest BCUT2D eigenvalue weighted by atomic mass is 16.4. The van der Waals surface area contributed by atoms with E-state index in [-0.39, 0.29) is 30.3 Å². The normalized spacial score (nSPS) is 13.7. The van der Waals surface area contributed by atoms with E-state index in [4.69, 9.17) is 15.3 Å². The number of hydrogen-bond acceptors (Lipinski definition) is 7. The first-order chi connectivity index (χ1) is 17.8. The third-order valence-corrected chi connectivity index (χ3v) is 5.90. The number of carboxylic acids is 1. The lowest BCUT2D eigenvalue weighted by Crippen LogP contribution is -2.55. The molecule has 38 heavy (non-hydrogen) atoms. The van der Waals surface area contributed by atoms with E-state index in [0.29, 0.717) is 29.5 Å². The molecule has 0 aliphatic rings. The second-order valence-corrected chi connectivity index (χ2v) is 10.4. The van der Waals surface area contributed by atoms with Gasteiger partial charge in [-0.1, -0.05) is 27.7 Å². The fourth-order valence-electron chi connectivity index (χ4n) is 4.04. The second-order valence-electron chi connectivity index (χ2n) is 10.4. The van der Waals surface area contributed by atoms with Crippen LogP contribution in [-0.4, -0.2) is 46.9 Å². The van der Waals surface area contributed by atoms with E-state index >= 15 is 0 Å². The van der Waals surface area contributed by atoms with Crippen molar-refractivity contribution in [1.29, 1.82) is 0 Å². The van der Waals surface area contributed by atoms with Crippen molar-refractivity contribution in [2.24, 2.45) is 17.6 Å². The van der Waals surface area contributed by atoms with Gasteiger partial charge in [0.25, 0.3) is 0 Å². The Morgan fingerprint density at radius 2 is 1.55 bits per heavy atom. The first-order valence-corrected chi connectivity index (χ1v) is 12.7. The molecule has 2 rings (SSSR count). The minimum atomic E-state index is -1.20. The molecule has 0 bridgehead atoms. The standard InChI is InChI=1S/C27H38N4O7/c1-14(2)10-19(28)25(35)31-21(11-15(3)4)27(37)30-20(8-9-23(32)33)26(36)29-17-6-7-18-16(5)12-24(34)38-22(18)13-17/h6-7,12-15,19-21H,8-11,28H2,1-5H3,(H,29,36)(H,30,37)(H,31,35)(H,32,33)/t19-,20-,21-/m0/s1. The molecule has 3 atom stereocenters. The zero-order valence-electron chi connectivity index (χ0n) is 22.5. The van der Waals surface area contributed by atoms with E-state index < -0.39 is 47.4 Å². The van der Waals surface area contributed by atoms with Crippen LogP contribution in [0.25, 0.3) is 11.0 Å². The monoisotopic (exact) mass is 530 g/mol. The molecule has 11 heteroatoms. The number of anilines is 1. The predicted molar refractivity (Wildman–Crippen MR) is 143 cm³/mol. The van der Waals surface area contributed by atoms with E-state index in [2.05, 4.69) is 16.0 Å². The summed E-state index contributed by atoms with van der Waals surface area (Å²) in [5.74, 6) is -2.65. The molecular weight excluding hydrogens is 492 g/mol. The minimum absolute atomic E-state index is 0.0365. The fourth-order valence-corrected chi connectivity index (χ4v) is 4.04. The van der Waals surface area contributed by atoms with Gasteiger partial charge in [-0.05, 0) is 55.7 Å². The van der Waals surface area contributed by atoms with Crippen LogP contribution in [0, 0.1) is 18.8 Å². The molecule has 6 N–H and O–H groups in total. The van der Waals surface area contributed by atoms with Gasteiger partial charge in [0.2, 0.25) is 17.7 Å². The highest BCUT2D eigenvalue weighted by Gasteiger charge is 2.29. The van der Waals surface area contributed by atoms with Crippen LogP contribution in [-0.2, 0) is 19.2 Å². The van der Waals surface area contributed by atoms with Crippen LogP contribution >= 0.6 is 0 Å². The third kappa shape index (κ3) is 9.29. The van der Waals surface area contributed by atoms with Gasteiger partial charge in [0.1, 0.15) is 17.7 Å². The lowest BCUT2D eigenvalue weighted by atomic mass is 10.00. The summed E-state index contributed by atoms with van der Waals surface area (Å²) in [5.41, 5.74) is 6.73. The molecule has 0 saturated heterocycles. The molecule has 0 aliphatic heterocycles. The Hall–Kier alpha value is -3.73. The first-order valence-electron chi connectivity index (χ1n) is 12.7. The second kappa shape index (κ2) is 13.7. The van der Waals surface area contributed by atoms with Crippen molar-refractivity contribution in [3.8, 4) is 0 Å². The molecule has 0 spiro atoms. The average molecular weight is 531 g/mol. The number of carbonyl (C=O) groups is 4. The van der Waals surface area contributed by atoms with Crippen LogP contribution in [0.1, 0.15) is 58.9 Å². The van der Waals surface area contributed by atoms with Crippen LogP contribution in [0.15, 0.2) is 33.5 Å². The number of aryl methyl sites for hydroxylation is 1. The van der Waals surface area contributed by atoms with Crippen molar-refractivity contribution in [2.45, 2.75) is 78.4 Å². The molecule has 1 heterocycles. The van der Waals surface area contributed by atoms with Crippen LogP contribution < -0.4 is 27.3 Å². The lowest BCUT2D eigenvalue weighted by Gasteiger charge is -2.25. The maximum Gasteiger partial charge on any atom is 0.336 e. The Morgan fingerprint density at radius 3 is 2.16 bits per heavy atom. The molecule has 3 amide bonds. The summed E-state index contributed by atoms with van der Waals surface area (Å²) in [4.78, 5) is 61.8. The Morgan fingerprint density at radius 1 is 0.921 bits per heavy atom. The average Bonchev–Trinajstić information content (AvgIpc) is 2.79. The van der Waals surface area contributed by atoms with Crippen molar-refractivity contribution < 1.29 is 28.7 Å². The van der Waals surface area contributed by atoms with Crippen molar-refractivity contribution in [2.75, 3.05) is 5.32 Å². The molecule has 11 nitrogen and oxygen atoms in total. The molecule has 0 radical (unpaired) electrons. The summed E-state index contributed by atoms with van der Waals surface area (Å²) in [6, 6.07) is 3.19. The van der Waals surface area contributed by atoms with Gasteiger partial charge in [0.05, 0.1) is 6.04 Å². The summed E-state index contributed by atoms with van der Waals surface area (Å²) in [6.07, 6.45) is 0.188. The number of fused-ring (bicyclic) bond motifs is 1. The smallest absolute Gasteiger partial charge is 0.336 e. The largest absolute Gasteiger partial charge is 0.481 e. The maximum atomic E-state index is 13.2. The van der Waals surface area contributed by atoms with Gasteiger partial charge in [0, 0.05) is 29.6 Å². The SMILES string of the molecule is Cc1cc(=O)oc2cc(NC(=O)[C@H](CCC(=O)O)NC(=O)[C@H](CC(C)C)NC(=O)[C@@H](N)CC(C)C)ccc12. The van der Waals surface area contributed by atoms with Gasteiger partial charge < -0.3 is 31.2 Å². The van der Waals surface area contributed by atoms with Crippen LogP contribution in [0.5, 0.6) is 0 Å². The van der Waals surface area contributed by atoms with Gasteiger partial charge >= 0.3 is 11.6 Å². The molecule has 0 aliphatic carbocycles. The first kappa shape index (κ1) is 30.5. The zero-order chi connectivity index (χ0) is 28.6. The van der Waals surface area contributed by atoms with Crippen molar-refractivity contribution in [3.05, 3.63) is 40.2 Å². The predicted octanol–water partition coefficient (Wildman–Crippen LogP) is 2.29. The number of aliphatic carboxylic acids is 1. The summed E-state index contributed by atoms with van der Waals surface area (Å²) < 4.78 is 5.21. The van der Waals surface area contributed by atoms with E-state index in [1.165, 1.54) is 12.1 Å². The number of nitrogens with two attached hydrogens (primary N) is 1. The molecule has 1 aromatic carbocycles. The Balaban J connectivity index is 2.22. The number of amides is 3. The van der Waals surface area contributed by atoms with Crippen LogP contribution in [0.4, 0.5) is 5.69 Å². The third-order valence-electron chi connectivity index (χ3n) is 5.90. The van der Waals surface area contributed by atoms with Gasteiger partial charge in [-0.3, -0.25) is 19.2 Å². The van der Waals surface area contributed by atoms with Crippen LogP contribution in [0.3, 0.4) is 0 Å². The lowest BCUT2D eigenvalue weighted by molar-refractivity contribution is -0.137. The summed E-state index contributed by atoms with van der Waals surface area (Å²) in [5, 5.41) is 17.8. The van der Waals surface area contributed by atoms with Gasteiger partial charge in [0.15, 0.2) is 0 Å². The Kier molecular flexibility index (Phi) is 11.0. The molecule has 0 saturated carbocycles. The van der Waals surface area contributed by atoms with Crippen molar-refractivity contribution >= 4 is 40.3 Å². The van der Waals surface area contributed by atoms with E-state index in [9.17, 15) is 24.0 Å². The number of benzene rings is 1. The minimum Gasteiger partial charge on any atom is -0.481 e. The summed E-state index contributed by atoms with van der Waals surface area (Å²) in [6.45, 7) is 9.39. The number of hydrogen-bond donors (Lipinski definition) is 5. The van der Waals surface area contributed by atoms with Gasteiger partial charge in [-0.15, -0.1) is 0 Å². The summed E-state index contributed by atoms with van der Waals surface area (Å²) in [7, 11) is 0. The van der Waals surface area contributed by atoms with Gasteiger partial charge in [-0.2, -0.15) is 0 Å². The molecule has 1 aromatic heterocycles. The topological polar surface area (TPSA) is 181 Å². The van der Waals surface area contributed by atoms with E-state index in [1.54, 1.807) is 19.1 Å². The van der Waals surface area contributed by atoms with Crippen molar-refractivity contribution in [3.63, 3.8) is 0 Å². The molecule has 2 aromatic rings. The molecular formula is C27H38N4O7. The molecule has 0 fully saturated rings. The number of nitrogens with one attached hydrogen (secondary N) is 3. The molecule has 0 unspecified atom stereocenters. The zero-order valence-corrected chi connectivity index (χ0v) is 22.5. The number of carboxylic acid groups (broad SMARTS) is 1. The van der Waals surface area contributed by atoms with Gasteiger partial charge in [-0.25, -0.2) is 4.79 Å². The number of rotatable bonds is 13. The highest BCUT2D eigenvalue weighted by molar-refractivity contribution is 6.00. The van der Waals surface area contributed by atoms with Crippen molar-refractivity contribution in [1.82, 2.24) is 10.6 Å². The summed E-state index contributed by atoms with van der Waals surface area (Å²) >= 11 is 0. The Bertz CT molecular complexity index is 1220. The number of carbonyl (C=O) groups excluding carboxylic acids is 3. The quantitative estimate of drug-likeness (QED) is 0.245. The highest BCUT2D eigenvalue weighted by Crippen LogP contribution is 2.21. The Labute approximate surface area is 221 Å². The fraction of sp³-hybridized carbons (Fsp3) is 0.519. The van der Waals surface area contributed by atoms with Crippen LogP contribution in [0.2, 0.25) is 0 Å². The molecule has 208 valence electrons. The van der Waals surface area contributed by atoms with E-state index in [1.807, 2.05) is 27.7 Å². The maximum absolute atomic E-state index is 13.2.